The first kappa shape index (κ1) is 19.7. The number of hydrogen-bond acceptors (Lipinski definition) is 3. The lowest BCUT2D eigenvalue weighted by molar-refractivity contribution is -0.116. The predicted octanol–water partition coefficient (Wildman–Crippen LogP) is 2.90. The Kier molecular flexibility index (Phi) is 7.71. The van der Waals surface area contributed by atoms with E-state index in [4.69, 9.17) is 4.74 Å². The van der Waals surface area contributed by atoms with Gasteiger partial charge >= 0.3 is 0 Å². The highest BCUT2D eigenvalue weighted by atomic mass is 79.9. The summed E-state index contributed by atoms with van der Waals surface area (Å²) in [7, 11) is 0. The van der Waals surface area contributed by atoms with Gasteiger partial charge in [0.1, 0.15) is 0 Å². The molecule has 1 aliphatic rings. The summed E-state index contributed by atoms with van der Waals surface area (Å²) in [6.45, 7) is 6.84. The Morgan fingerprint density at radius 3 is 2.72 bits per heavy atom. The molecule has 1 atom stereocenters. The van der Waals surface area contributed by atoms with Gasteiger partial charge in [-0.1, -0.05) is 15.9 Å². The van der Waals surface area contributed by atoms with Crippen LogP contribution in [0, 0.1) is 0 Å². The minimum Gasteiger partial charge on any atom is -0.373 e. The quantitative estimate of drug-likeness (QED) is 0.477. The first-order valence-corrected chi connectivity index (χ1v) is 9.51. The van der Waals surface area contributed by atoms with Crippen LogP contribution < -0.4 is 16.0 Å². The average Bonchev–Trinajstić information content (AvgIpc) is 3.02. The Hall–Kier alpha value is -1.60. The molecule has 3 N–H and O–H groups in total. The van der Waals surface area contributed by atoms with Gasteiger partial charge in [0.25, 0.3) is 0 Å². The molecular weight excluding hydrogens is 384 g/mol. The predicted molar refractivity (Wildman–Crippen MR) is 105 cm³/mol. The van der Waals surface area contributed by atoms with Crippen LogP contribution in [0.3, 0.4) is 0 Å². The Bertz CT molecular complexity index is 583. The van der Waals surface area contributed by atoms with Crippen molar-refractivity contribution in [1.29, 1.82) is 0 Å². The number of halogens is 1. The number of aliphatic imine (C=N–C) groups is 1. The molecule has 2 rings (SSSR count). The van der Waals surface area contributed by atoms with Crippen LogP contribution in [0.15, 0.2) is 33.7 Å². The number of ether oxygens (including phenoxy) is 1. The first-order valence-electron chi connectivity index (χ1n) is 8.72. The number of anilines is 1. The minimum absolute atomic E-state index is 0.0308. The van der Waals surface area contributed by atoms with Crippen LogP contribution in [0.25, 0.3) is 0 Å². The Labute approximate surface area is 157 Å². The van der Waals surface area contributed by atoms with Gasteiger partial charge in [0.15, 0.2) is 5.96 Å². The van der Waals surface area contributed by atoms with Gasteiger partial charge in [-0.25, -0.2) is 0 Å². The van der Waals surface area contributed by atoms with Crippen LogP contribution in [0.2, 0.25) is 0 Å². The number of hydrogen-bond donors (Lipinski definition) is 3. The summed E-state index contributed by atoms with van der Waals surface area (Å²) in [5.74, 6) is 0.687. The molecule has 0 aliphatic carbocycles. The van der Waals surface area contributed by atoms with Crippen LogP contribution in [-0.2, 0) is 9.53 Å². The van der Waals surface area contributed by atoms with Crippen LogP contribution in [0.4, 0.5) is 5.69 Å². The molecule has 1 amide bonds. The van der Waals surface area contributed by atoms with Crippen molar-refractivity contribution in [3.8, 4) is 0 Å². The molecule has 1 unspecified atom stereocenters. The molecule has 1 heterocycles. The van der Waals surface area contributed by atoms with Crippen LogP contribution >= 0.6 is 15.9 Å². The average molecular weight is 411 g/mol. The van der Waals surface area contributed by atoms with Crippen molar-refractivity contribution in [2.24, 2.45) is 4.99 Å². The van der Waals surface area contributed by atoms with Gasteiger partial charge in [-0.15, -0.1) is 0 Å². The zero-order valence-electron chi connectivity index (χ0n) is 14.9. The van der Waals surface area contributed by atoms with Crippen LogP contribution in [-0.4, -0.2) is 43.7 Å². The van der Waals surface area contributed by atoms with E-state index >= 15 is 0 Å². The monoisotopic (exact) mass is 410 g/mol. The molecule has 0 bridgehead atoms. The van der Waals surface area contributed by atoms with Crippen LogP contribution in [0.5, 0.6) is 0 Å². The van der Waals surface area contributed by atoms with E-state index in [1.54, 1.807) is 0 Å². The minimum atomic E-state index is -0.165. The molecule has 1 aromatic rings. The molecule has 25 heavy (non-hydrogen) atoms. The SMILES string of the molecule is CCNC(=NCC1(C)CCCO1)NCCC(=O)Nc1ccc(Br)cc1. The third-order valence-electron chi connectivity index (χ3n) is 3.99. The molecule has 0 saturated carbocycles. The van der Waals surface area contributed by atoms with E-state index in [2.05, 4.69) is 43.8 Å². The Morgan fingerprint density at radius 1 is 1.32 bits per heavy atom. The zero-order valence-corrected chi connectivity index (χ0v) is 16.5. The number of nitrogens with one attached hydrogen (secondary N) is 3. The molecule has 1 saturated heterocycles. The van der Waals surface area contributed by atoms with Gasteiger partial charge in [-0.3, -0.25) is 9.79 Å². The van der Waals surface area contributed by atoms with Crippen LogP contribution in [0.1, 0.15) is 33.1 Å². The summed E-state index contributed by atoms with van der Waals surface area (Å²) >= 11 is 3.38. The summed E-state index contributed by atoms with van der Waals surface area (Å²) < 4.78 is 6.74. The number of carbonyl (C=O) groups is 1. The maximum absolute atomic E-state index is 12.0. The molecule has 1 fully saturated rings. The fraction of sp³-hybridized carbons (Fsp3) is 0.556. The molecule has 0 radical (unpaired) electrons. The van der Waals surface area contributed by atoms with Crippen molar-refractivity contribution in [1.82, 2.24) is 10.6 Å². The number of guanidine groups is 1. The lowest BCUT2D eigenvalue weighted by atomic mass is 10.0. The Balaban J connectivity index is 1.76. The molecule has 0 spiro atoms. The van der Waals surface area contributed by atoms with Crippen molar-refractivity contribution in [3.05, 3.63) is 28.7 Å². The van der Waals surface area contributed by atoms with Crippen molar-refractivity contribution < 1.29 is 9.53 Å². The number of rotatable bonds is 7. The topological polar surface area (TPSA) is 74.8 Å². The van der Waals surface area contributed by atoms with Gasteiger partial charge in [-0.2, -0.15) is 0 Å². The second-order valence-electron chi connectivity index (χ2n) is 6.33. The molecule has 7 heteroatoms. The van der Waals surface area contributed by atoms with E-state index in [-0.39, 0.29) is 11.5 Å². The Morgan fingerprint density at radius 2 is 2.08 bits per heavy atom. The summed E-state index contributed by atoms with van der Waals surface area (Å²) in [5, 5.41) is 9.28. The van der Waals surface area contributed by atoms with Crippen molar-refractivity contribution in [3.63, 3.8) is 0 Å². The maximum atomic E-state index is 12.0. The van der Waals surface area contributed by atoms with E-state index in [9.17, 15) is 4.79 Å². The third kappa shape index (κ3) is 7.04. The fourth-order valence-electron chi connectivity index (χ4n) is 2.60. The zero-order chi connectivity index (χ0) is 18.1. The fourth-order valence-corrected chi connectivity index (χ4v) is 2.87. The molecule has 0 aromatic heterocycles. The highest BCUT2D eigenvalue weighted by Crippen LogP contribution is 2.24. The number of nitrogens with zero attached hydrogens (tertiary/aromatic N) is 1. The van der Waals surface area contributed by atoms with Gasteiger partial charge < -0.3 is 20.7 Å². The van der Waals surface area contributed by atoms with Gasteiger partial charge in [-0.05, 0) is 51.0 Å². The number of amides is 1. The molecular formula is C18H27BrN4O2. The normalized spacial score (nSPS) is 20.4. The van der Waals surface area contributed by atoms with Gasteiger partial charge in [0, 0.05) is 36.3 Å². The maximum Gasteiger partial charge on any atom is 0.226 e. The lowest BCUT2D eigenvalue weighted by Crippen LogP contribution is -2.40. The van der Waals surface area contributed by atoms with E-state index < -0.39 is 0 Å². The van der Waals surface area contributed by atoms with E-state index in [1.807, 2.05) is 31.2 Å². The highest BCUT2D eigenvalue weighted by molar-refractivity contribution is 9.10. The standard InChI is InChI=1S/C18H27BrN4O2/c1-3-20-17(22-13-18(2)10-4-12-25-18)21-11-9-16(24)23-15-7-5-14(19)6-8-15/h5-8H,3-4,9-13H2,1-2H3,(H,23,24)(H2,20,21,22). The molecule has 138 valence electrons. The van der Waals surface area contributed by atoms with Gasteiger partial charge in [0.2, 0.25) is 5.91 Å². The lowest BCUT2D eigenvalue weighted by Gasteiger charge is -2.21. The smallest absolute Gasteiger partial charge is 0.226 e. The summed E-state index contributed by atoms with van der Waals surface area (Å²) in [5.41, 5.74) is 0.626. The molecule has 1 aliphatic heterocycles. The van der Waals surface area contributed by atoms with Crippen molar-refractivity contribution >= 4 is 33.5 Å². The summed E-state index contributed by atoms with van der Waals surface area (Å²) in [4.78, 5) is 16.6. The third-order valence-corrected chi connectivity index (χ3v) is 4.52. The number of carbonyl (C=O) groups excluding carboxylic acids is 1. The largest absolute Gasteiger partial charge is 0.373 e. The van der Waals surface area contributed by atoms with Crippen molar-refractivity contribution in [2.45, 2.75) is 38.7 Å². The molecule has 1 aromatic carbocycles. The highest BCUT2D eigenvalue weighted by Gasteiger charge is 2.29. The first-order chi connectivity index (χ1) is 12.0. The van der Waals surface area contributed by atoms with Gasteiger partial charge in [0.05, 0.1) is 12.1 Å². The van der Waals surface area contributed by atoms with E-state index in [0.717, 1.165) is 42.1 Å². The van der Waals surface area contributed by atoms with E-state index in [0.29, 0.717) is 19.5 Å². The number of benzene rings is 1. The van der Waals surface area contributed by atoms with E-state index in [1.165, 1.54) is 0 Å². The summed E-state index contributed by atoms with van der Waals surface area (Å²) in [6, 6.07) is 7.53. The van der Waals surface area contributed by atoms with Crippen molar-refractivity contribution in [2.75, 3.05) is 31.6 Å². The summed E-state index contributed by atoms with van der Waals surface area (Å²) in [6.07, 6.45) is 2.49. The second kappa shape index (κ2) is 9.77. The molecule has 6 nitrogen and oxygen atoms in total. The second-order valence-corrected chi connectivity index (χ2v) is 7.24.